The molecule has 1 fully saturated rings. The number of hydrogen-bond acceptors (Lipinski definition) is 4. The van der Waals surface area contributed by atoms with E-state index < -0.39 is 0 Å². The van der Waals surface area contributed by atoms with Crippen LogP contribution in [0, 0.1) is 0 Å². The Bertz CT molecular complexity index is 437. The number of rotatable bonds is 3. The molecule has 0 aromatic heterocycles. The third-order valence-corrected chi connectivity index (χ3v) is 4.76. The summed E-state index contributed by atoms with van der Waals surface area (Å²) in [6.45, 7) is 5.10. The van der Waals surface area contributed by atoms with Crippen molar-refractivity contribution in [2.75, 3.05) is 39.5 Å². The molecular formula is C14H21ClN2OS2. The van der Waals surface area contributed by atoms with E-state index in [1.165, 1.54) is 5.56 Å². The fourth-order valence-corrected chi connectivity index (χ4v) is 2.92. The molecule has 1 saturated heterocycles. The lowest BCUT2D eigenvalue weighted by molar-refractivity contribution is 0.177. The first-order chi connectivity index (χ1) is 9.24. The van der Waals surface area contributed by atoms with Crippen molar-refractivity contribution in [2.24, 2.45) is 0 Å². The monoisotopic (exact) mass is 332 g/mol. The largest absolute Gasteiger partial charge is 0.496 e. The number of para-hydroxylation sites is 1. The highest BCUT2D eigenvalue weighted by Gasteiger charge is 2.19. The van der Waals surface area contributed by atoms with Crippen LogP contribution in [-0.4, -0.2) is 53.7 Å². The van der Waals surface area contributed by atoms with Crippen LogP contribution < -0.4 is 4.74 Å². The van der Waals surface area contributed by atoms with Crippen molar-refractivity contribution in [1.82, 2.24) is 9.80 Å². The molecule has 0 atom stereocenters. The van der Waals surface area contributed by atoms with Crippen molar-refractivity contribution in [3.05, 3.63) is 29.8 Å². The van der Waals surface area contributed by atoms with Crippen molar-refractivity contribution in [1.29, 1.82) is 0 Å². The summed E-state index contributed by atoms with van der Waals surface area (Å²) in [6, 6.07) is 8.24. The molecule has 1 aliphatic heterocycles. The molecule has 1 heterocycles. The number of thiocarbonyl (C=S) groups is 1. The van der Waals surface area contributed by atoms with Crippen LogP contribution in [0.15, 0.2) is 24.3 Å². The van der Waals surface area contributed by atoms with Crippen LogP contribution in [0.3, 0.4) is 0 Å². The van der Waals surface area contributed by atoms with E-state index in [2.05, 4.69) is 21.9 Å². The molecule has 6 heteroatoms. The molecule has 0 saturated carbocycles. The normalized spacial score (nSPS) is 15.6. The summed E-state index contributed by atoms with van der Waals surface area (Å²) >= 11 is 6.99. The predicted molar refractivity (Wildman–Crippen MR) is 93.2 cm³/mol. The van der Waals surface area contributed by atoms with Crippen LogP contribution in [0.25, 0.3) is 0 Å². The Morgan fingerprint density at radius 1 is 1.25 bits per heavy atom. The van der Waals surface area contributed by atoms with Gasteiger partial charge in [-0.05, 0) is 12.3 Å². The zero-order chi connectivity index (χ0) is 13.7. The van der Waals surface area contributed by atoms with Gasteiger partial charge in [0, 0.05) is 38.3 Å². The molecule has 1 aromatic rings. The van der Waals surface area contributed by atoms with E-state index in [0.717, 1.165) is 42.8 Å². The summed E-state index contributed by atoms with van der Waals surface area (Å²) in [4.78, 5) is 4.75. The molecule has 0 unspecified atom stereocenters. The first kappa shape index (κ1) is 17.6. The van der Waals surface area contributed by atoms with Gasteiger partial charge in [0.25, 0.3) is 0 Å². The third-order valence-electron chi connectivity index (χ3n) is 3.39. The molecule has 2 rings (SSSR count). The molecule has 0 spiro atoms. The minimum atomic E-state index is 0. The first-order valence-corrected chi connectivity index (χ1v) is 8.05. The van der Waals surface area contributed by atoms with E-state index >= 15 is 0 Å². The summed E-state index contributed by atoms with van der Waals surface area (Å²) in [5, 5.41) is 0. The Morgan fingerprint density at radius 3 is 2.50 bits per heavy atom. The van der Waals surface area contributed by atoms with E-state index in [-0.39, 0.29) is 12.4 Å². The summed E-state index contributed by atoms with van der Waals surface area (Å²) in [7, 11) is 1.73. The van der Waals surface area contributed by atoms with Crippen LogP contribution >= 0.6 is 36.4 Å². The maximum Gasteiger partial charge on any atom is 0.136 e. The molecule has 0 aliphatic carbocycles. The zero-order valence-corrected chi connectivity index (χ0v) is 14.3. The van der Waals surface area contributed by atoms with Gasteiger partial charge in [0.05, 0.1) is 7.11 Å². The minimum absolute atomic E-state index is 0. The standard InChI is InChI=1S/C14H20N2OS2.ClH/c1-17-13-6-4-3-5-12(13)11-15-7-9-16(10-8-15)14(18)19-2;/h3-6H,7-11H2,1-2H3;1H. The van der Waals surface area contributed by atoms with Crippen molar-refractivity contribution >= 4 is 40.7 Å². The summed E-state index contributed by atoms with van der Waals surface area (Å²) in [5.74, 6) is 0.976. The van der Waals surface area contributed by atoms with Gasteiger partial charge in [0.15, 0.2) is 0 Å². The van der Waals surface area contributed by atoms with Gasteiger partial charge in [-0.3, -0.25) is 4.90 Å². The molecular weight excluding hydrogens is 312 g/mol. The fourth-order valence-electron chi connectivity index (χ4n) is 2.29. The van der Waals surface area contributed by atoms with E-state index in [1.54, 1.807) is 18.9 Å². The van der Waals surface area contributed by atoms with E-state index in [1.807, 2.05) is 18.4 Å². The number of methoxy groups -OCH3 is 1. The number of thioether (sulfide) groups is 1. The zero-order valence-electron chi connectivity index (χ0n) is 11.9. The van der Waals surface area contributed by atoms with E-state index in [4.69, 9.17) is 17.0 Å². The van der Waals surface area contributed by atoms with Crippen LogP contribution in [0.4, 0.5) is 0 Å². The summed E-state index contributed by atoms with van der Waals surface area (Å²) < 4.78 is 6.41. The number of ether oxygens (including phenoxy) is 1. The van der Waals surface area contributed by atoms with E-state index in [9.17, 15) is 0 Å². The average molecular weight is 333 g/mol. The smallest absolute Gasteiger partial charge is 0.136 e. The van der Waals surface area contributed by atoms with Crippen LogP contribution in [0.2, 0.25) is 0 Å². The number of piperazine rings is 1. The predicted octanol–water partition coefficient (Wildman–Crippen LogP) is 2.88. The maximum atomic E-state index is 5.40. The lowest BCUT2D eigenvalue weighted by Crippen LogP contribution is -2.47. The Hall–Kier alpha value is -0.490. The average Bonchev–Trinajstić information content (AvgIpc) is 2.48. The lowest BCUT2D eigenvalue weighted by Gasteiger charge is -2.35. The molecule has 3 nitrogen and oxygen atoms in total. The van der Waals surface area contributed by atoms with Gasteiger partial charge in [-0.2, -0.15) is 0 Å². The molecule has 112 valence electrons. The van der Waals surface area contributed by atoms with Gasteiger partial charge in [-0.15, -0.1) is 24.2 Å². The number of benzene rings is 1. The highest BCUT2D eigenvalue weighted by Crippen LogP contribution is 2.20. The highest BCUT2D eigenvalue weighted by molar-refractivity contribution is 8.22. The van der Waals surface area contributed by atoms with Crippen molar-refractivity contribution in [2.45, 2.75) is 6.54 Å². The van der Waals surface area contributed by atoms with E-state index in [0.29, 0.717) is 0 Å². The Kier molecular flexibility index (Phi) is 7.66. The summed E-state index contributed by atoms with van der Waals surface area (Å²) in [5.41, 5.74) is 1.26. The van der Waals surface area contributed by atoms with Gasteiger partial charge in [-0.25, -0.2) is 0 Å². The highest BCUT2D eigenvalue weighted by atomic mass is 35.5. The second kappa shape index (κ2) is 8.72. The molecule has 0 radical (unpaired) electrons. The van der Waals surface area contributed by atoms with Gasteiger partial charge >= 0.3 is 0 Å². The second-order valence-electron chi connectivity index (χ2n) is 4.55. The molecule has 0 amide bonds. The van der Waals surface area contributed by atoms with Crippen molar-refractivity contribution in [3.63, 3.8) is 0 Å². The molecule has 0 bridgehead atoms. The Balaban J connectivity index is 0.00000200. The van der Waals surface area contributed by atoms with Crippen molar-refractivity contribution in [3.8, 4) is 5.75 Å². The lowest BCUT2D eigenvalue weighted by atomic mass is 10.1. The first-order valence-electron chi connectivity index (χ1n) is 6.41. The SMILES string of the molecule is COc1ccccc1CN1CCN(C(=S)SC)CC1.Cl. The molecule has 1 aromatic carbocycles. The maximum absolute atomic E-state index is 5.40. The fraction of sp³-hybridized carbons (Fsp3) is 0.500. The molecule has 0 N–H and O–H groups in total. The molecule has 20 heavy (non-hydrogen) atoms. The van der Waals surface area contributed by atoms with Gasteiger partial charge in [0.2, 0.25) is 0 Å². The topological polar surface area (TPSA) is 15.7 Å². The Labute approximate surface area is 137 Å². The van der Waals surface area contributed by atoms with Gasteiger partial charge in [-0.1, -0.05) is 30.4 Å². The van der Waals surface area contributed by atoms with Crippen LogP contribution in [-0.2, 0) is 6.54 Å². The van der Waals surface area contributed by atoms with Gasteiger partial charge in [0.1, 0.15) is 10.1 Å². The Morgan fingerprint density at radius 2 is 1.90 bits per heavy atom. The number of halogens is 1. The quantitative estimate of drug-likeness (QED) is 0.788. The second-order valence-corrected chi connectivity index (χ2v) is 5.99. The van der Waals surface area contributed by atoms with Crippen molar-refractivity contribution < 1.29 is 4.74 Å². The minimum Gasteiger partial charge on any atom is -0.496 e. The van der Waals surface area contributed by atoms with Crippen LogP contribution in [0.1, 0.15) is 5.56 Å². The number of nitrogens with zero attached hydrogens (tertiary/aromatic N) is 2. The van der Waals surface area contributed by atoms with Crippen LogP contribution in [0.5, 0.6) is 5.75 Å². The number of hydrogen-bond donors (Lipinski definition) is 0. The molecule has 1 aliphatic rings. The summed E-state index contributed by atoms with van der Waals surface area (Å²) in [6.07, 6.45) is 2.05. The van der Waals surface area contributed by atoms with Gasteiger partial charge < -0.3 is 9.64 Å². The third kappa shape index (κ3) is 4.52.